The van der Waals surface area contributed by atoms with E-state index < -0.39 is 15.6 Å². The van der Waals surface area contributed by atoms with Crippen LogP contribution in [-0.2, 0) is 14.8 Å². The largest absolute Gasteiger partial charge is 0.423 e. The smallest absolute Gasteiger partial charge is 0.336 e. The average molecular weight is 309 g/mol. The molecule has 0 aliphatic carbocycles. The van der Waals surface area contributed by atoms with E-state index in [-0.39, 0.29) is 17.5 Å². The van der Waals surface area contributed by atoms with Gasteiger partial charge >= 0.3 is 5.63 Å². The highest BCUT2D eigenvalue weighted by Crippen LogP contribution is 2.18. The molecule has 1 aromatic heterocycles. The fourth-order valence-corrected chi connectivity index (χ4v) is 3.41. The predicted molar refractivity (Wildman–Crippen MR) is 76.6 cm³/mol. The van der Waals surface area contributed by atoms with Crippen LogP contribution in [0, 0.1) is 0 Å². The number of ether oxygens (including phenoxy) is 1. The Labute approximate surface area is 121 Å². The highest BCUT2D eigenvalue weighted by Gasteiger charge is 2.20. The molecule has 1 aromatic carbocycles. The second-order valence-corrected chi connectivity index (χ2v) is 6.71. The standard InChI is InChI=1S/C14H15NO5S/c16-14-6-3-10-8-12(4-5-13(10)20-14)21(17,18)15-9-11-2-1-7-19-11/h3-6,8,11,15H,1-2,7,9H2/t11-/m1/s1. The van der Waals surface area contributed by atoms with Gasteiger partial charge < -0.3 is 9.15 Å². The van der Waals surface area contributed by atoms with Gasteiger partial charge in [0.25, 0.3) is 0 Å². The highest BCUT2D eigenvalue weighted by atomic mass is 32.2. The molecule has 21 heavy (non-hydrogen) atoms. The second kappa shape index (κ2) is 5.59. The molecular weight excluding hydrogens is 294 g/mol. The summed E-state index contributed by atoms with van der Waals surface area (Å²) in [4.78, 5) is 11.2. The number of nitrogens with one attached hydrogen (secondary N) is 1. The zero-order valence-corrected chi connectivity index (χ0v) is 12.1. The van der Waals surface area contributed by atoms with E-state index in [9.17, 15) is 13.2 Å². The minimum atomic E-state index is -3.60. The third-order valence-electron chi connectivity index (χ3n) is 3.43. The van der Waals surface area contributed by atoms with Crippen molar-refractivity contribution in [3.05, 3.63) is 40.8 Å². The van der Waals surface area contributed by atoms with Crippen LogP contribution in [0.1, 0.15) is 12.8 Å². The molecule has 7 heteroatoms. The fourth-order valence-electron chi connectivity index (χ4n) is 2.31. The molecule has 2 aromatic rings. The van der Waals surface area contributed by atoms with E-state index in [4.69, 9.17) is 9.15 Å². The number of sulfonamides is 1. The van der Waals surface area contributed by atoms with E-state index in [0.717, 1.165) is 12.8 Å². The summed E-state index contributed by atoms with van der Waals surface area (Å²) in [6.45, 7) is 0.950. The summed E-state index contributed by atoms with van der Waals surface area (Å²) in [6, 6.07) is 7.19. The lowest BCUT2D eigenvalue weighted by atomic mass is 10.2. The fraction of sp³-hybridized carbons (Fsp3) is 0.357. The van der Waals surface area contributed by atoms with Crippen LogP contribution in [0.15, 0.2) is 44.4 Å². The maximum absolute atomic E-state index is 12.2. The monoisotopic (exact) mass is 309 g/mol. The first kappa shape index (κ1) is 14.2. The first-order valence-corrected chi connectivity index (χ1v) is 8.18. The van der Waals surface area contributed by atoms with E-state index in [1.165, 1.54) is 24.3 Å². The molecule has 1 aliphatic rings. The minimum absolute atomic E-state index is 0.0572. The Morgan fingerprint density at radius 3 is 2.86 bits per heavy atom. The zero-order chi connectivity index (χ0) is 14.9. The van der Waals surface area contributed by atoms with E-state index >= 15 is 0 Å². The van der Waals surface area contributed by atoms with Gasteiger partial charge in [-0.15, -0.1) is 0 Å². The van der Waals surface area contributed by atoms with Crippen molar-refractivity contribution in [2.45, 2.75) is 23.8 Å². The van der Waals surface area contributed by atoms with Crippen molar-refractivity contribution in [1.29, 1.82) is 0 Å². The molecular formula is C14H15NO5S. The van der Waals surface area contributed by atoms with Gasteiger partial charge in [-0.2, -0.15) is 0 Å². The second-order valence-electron chi connectivity index (χ2n) is 4.94. The van der Waals surface area contributed by atoms with Gasteiger partial charge in [-0.1, -0.05) is 0 Å². The average Bonchev–Trinajstić information content (AvgIpc) is 2.98. The Morgan fingerprint density at radius 1 is 1.24 bits per heavy atom. The molecule has 0 unspecified atom stereocenters. The Balaban J connectivity index is 1.84. The molecule has 0 bridgehead atoms. The summed E-state index contributed by atoms with van der Waals surface area (Å²) in [5.41, 5.74) is -0.102. The molecule has 1 saturated heterocycles. The van der Waals surface area contributed by atoms with Gasteiger partial charge in [0.2, 0.25) is 10.0 Å². The lowest BCUT2D eigenvalue weighted by Gasteiger charge is -2.11. The molecule has 1 aliphatic heterocycles. The van der Waals surface area contributed by atoms with E-state index in [1.807, 2.05) is 0 Å². The van der Waals surface area contributed by atoms with Crippen LogP contribution in [0.4, 0.5) is 0 Å². The molecule has 2 heterocycles. The predicted octanol–water partition coefficient (Wildman–Crippen LogP) is 1.25. The zero-order valence-electron chi connectivity index (χ0n) is 11.2. The van der Waals surface area contributed by atoms with Crippen LogP contribution in [0.5, 0.6) is 0 Å². The number of hydrogen-bond acceptors (Lipinski definition) is 5. The number of benzene rings is 1. The molecule has 112 valence electrons. The van der Waals surface area contributed by atoms with E-state index in [1.54, 1.807) is 6.07 Å². The van der Waals surface area contributed by atoms with E-state index in [0.29, 0.717) is 17.6 Å². The van der Waals surface area contributed by atoms with Crippen LogP contribution in [0.25, 0.3) is 11.0 Å². The number of rotatable bonds is 4. The van der Waals surface area contributed by atoms with Gasteiger partial charge in [-0.25, -0.2) is 17.9 Å². The molecule has 0 amide bonds. The lowest BCUT2D eigenvalue weighted by Crippen LogP contribution is -2.31. The van der Waals surface area contributed by atoms with Crippen molar-refractivity contribution < 1.29 is 17.6 Å². The minimum Gasteiger partial charge on any atom is -0.423 e. The van der Waals surface area contributed by atoms with Crippen molar-refractivity contribution in [2.24, 2.45) is 0 Å². The number of fused-ring (bicyclic) bond motifs is 1. The molecule has 1 N–H and O–H groups in total. The molecule has 0 radical (unpaired) electrons. The molecule has 6 nitrogen and oxygen atoms in total. The molecule has 3 rings (SSSR count). The van der Waals surface area contributed by atoms with Crippen LogP contribution >= 0.6 is 0 Å². The van der Waals surface area contributed by atoms with Gasteiger partial charge in [-0.05, 0) is 37.1 Å². The van der Waals surface area contributed by atoms with Crippen molar-refractivity contribution in [3.8, 4) is 0 Å². The highest BCUT2D eigenvalue weighted by molar-refractivity contribution is 7.89. The summed E-state index contributed by atoms with van der Waals surface area (Å²) >= 11 is 0. The van der Waals surface area contributed by atoms with Crippen LogP contribution < -0.4 is 10.3 Å². The maximum Gasteiger partial charge on any atom is 0.336 e. The van der Waals surface area contributed by atoms with Gasteiger partial charge in [0, 0.05) is 24.6 Å². The quantitative estimate of drug-likeness (QED) is 0.859. The Morgan fingerprint density at radius 2 is 2.10 bits per heavy atom. The van der Waals surface area contributed by atoms with Crippen LogP contribution in [0.3, 0.4) is 0 Å². The molecule has 1 atom stereocenters. The maximum atomic E-state index is 12.2. The Kier molecular flexibility index (Phi) is 3.79. The van der Waals surface area contributed by atoms with Gasteiger partial charge in [0.15, 0.2) is 0 Å². The third-order valence-corrected chi connectivity index (χ3v) is 4.85. The summed E-state index contributed by atoms with van der Waals surface area (Å²) in [6.07, 6.45) is 1.77. The summed E-state index contributed by atoms with van der Waals surface area (Å²) in [5, 5.41) is 0.564. The van der Waals surface area contributed by atoms with Gasteiger partial charge in [0.1, 0.15) is 5.58 Å². The van der Waals surface area contributed by atoms with Gasteiger partial charge in [-0.3, -0.25) is 0 Å². The summed E-state index contributed by atoms with van der Waals surface area (Å²) in [7, 11) is -3.60. The SMILES string of the molecule is O=c1ccc2cc(S(=O)(=O)NC[C@H]3CCCO3)ccc2o1. The van der Waals surface area contributed by atoms with Crippen LogP contribution in [0.2, 0.25) is 0 Å². The Hall–Kier alpha value is -1.70. The summed E-state index contributed by atoms with van der Waals surface area (Å²) in [5.74, 6) is 0. The van der Waals surface area contributed by atoms with Crippen LogP contribution in [-0.4, -0.2) is 27.7 Å². The number of hydrogen-bond donors (Lipinski definition) is 1. The lowest BCUT2D eigenvalue weighted by molar-refractivity contribution is 0.114. The first-order valence-electron chi connectivity index (χ1n) is 6.70. The van der Waals surface area contributed by atoms with Crippen molar-refractivity contribution in [1.82, 2.24) is 4.72 Å². The molecule has 0 saturated carbocycles. The molecule has 0 spiro atoms. The topological polar surface area (TPSA) is 85.6 Å². The van der Waals surface area contributed by atoms with E-state index in [2.05, 4.69) is 4.72 Å². The van der Waals surface area contributed by atoms with Crippen molar-refractivity contribution >= 4 is 21.0 Å². The van der Waals surface area contributed by atoms with Gasteiger partial charge in [0.05, 0.1) is 11.0 Å². The first-order chi connectivity index (χ1) is 10.0. The third kappa shape index (κ3) is 3.15. The Bertz CT molecular complexity index is 805. The van der Waals surface area contributed by atoms with Crippen molar-refractivity contribution in [3.63, 3.8) is 0 Å². The van der Waals surface area contributed by atoms with Crippen molar-refractivity contribution in [2.75, 3.05) is 13.2 Å². The molecule has 1 fully saturated rings. The summed E-state index contributed by atoms with van der Waals surface area (Å²) < 4.78 is 37.4. The normalized spacial score (nSPS) is 19.1.